The van der Waals surface area contributed by atoms with Crippen LogP contribution in [0.25, 0.3) is 0 Å². The zero-order valence-corrected chi connectivity index (χ0v) is 15.0. The Bertz CT molecular complexity index is 417. The number of allylic oxidation sites excluding steroid dienone is 5. The van der Waals surface area contributed by atoms with Gasteiger partial charge in [-0.2, -0.15) is 0 Å². The first kappa shape index (κ1) is 20.8. The maximum Gasteiger partial charge on any atom is 0.162 e. The van der Waals surface area contributed by atoms with Crippen LogP contribution in [0.1, 0.15) is 73.1 Å². The second-order valence-corrected chi connectivity index (χ2v) is 6.37. The fourth-order valence-corrected chi connectivity index (χ4v) is 2.21. The van der Waals surface area contributed by atoms with Gasteiger partial charge in [-0.3, -0.25) is 4.79 Å². The number of hydrogen-bond donors (Lipinski definition) is 0. The van der Waals surface area contributed by atoms with Gasteiger partial charge in [-0.1, -0.05) is 47.1 Å². The van der Waals surface area contributed by atoms with E-state index in [1.165, 1.54) is 0 Å². The molecule has 0 saturated heterocycles. The molecule has 0 amide bonds. The summed E-state index contributed by atoms with van der Waals surface area (Å²) >= 11 is 0. The molecule has 1 unspecified atom stereocenters. The third-order valence-electron chi connectivity index (χ3n) is 4.45. The number of carbonyl (C=O) groups excluding carboxylic acids is 1. The molecule has 0 bridgehead atoms. The molecule has 0 aliphatic heterocycles. The Morgan fingerprint density at radius 1 is 1.23 bits per heavy atom. The van der Waals surface area contributed by atoms with Crippen molar-refractivity contribution in [1.82, 2.24) is 0 Å². The zero-order chi connectivity index (χ0) is 17.1. The van der Waals surface area contributed by atoms with Crippen LogP contribution in [0.4, 0.5) is 4.39 Å². The lowest BCUT2D eigenvalue weighted by Crippen LogP contribution is -2.10. The van der Waals surface area contributed by atoms with Gasteiger partial charge in [-0.15, -0.1) is 0 Å². The van der Waals surface area contributed by atoms with Crippen molar-refractivity contribution in [2.75, 3.05) is 0 Å². The topological polar surface area (TPSA) is 17.1 Å². The summed E-state index contributed by atoms with van der Waals surface area (Å²) in [7, 11) is 0. The summed E-state index contributed by atoms with van der Waals surface area (Å²) in [5, 5.41) is 0. The molecule has 0 aromatic rings. The van der Waals surface area contributed by atoms with Crippen molar-refractivity contribution in [3.63, 3.8) is 0 Å². The number of ketones is 1. The lowest BCUT2D eigenvalue weighted by Gasteiger charge is -2.17. The van der Waals surface area contributed by atoms with Crippen LogP contribution < -0.4 is 0 Å². The number of Topliss-reactive ketones (excluding diaryl/α,β-unsaturated/α-hetero) is 1. The van der Waals surface area contributed by atoms with E-state index in [9.17, 15) is 9.18 Å². The standard InChI is InChI=1S/C20H33FO/c1-7-9-10-11-19(21)17(5)14-18(6)20(22)13-12-16(4)15(3)8-2/h11,14-16H,6-10,12-13H2,1-5H3/b17-14-,19-11+/t15-,16?/m0/s1. The van der Waals surface area contributed by atoms with E-state index < -0.39 is 0 Å². The van der Waals surface area contributed by atoms with E-state index >= 15 is 0 Å². The molecule has 2 atom stereocenters. The highest BCUT2D eigenvalue weighted by Crippen LogP contribution is 2.21. The Labute approximate surface area is 136 Å². The molecule has 0 radical (unpaired) electrons. The third-order valence-corrected chi connectivity index (χ3v) is 4.45. The second kappa shape index (κ2) is 11.4. The molecule has 0 N–H and O–H groups in total. The van der Waals surface area contributed by atoms with Crippen molar-refractivity contribution < 1.29 is 9.18 Å². The van der Waals surface area contributed by atoms with E-state index in [1.807, 2.05) is 0 Å². The second-order valence-electron chi connectivity index (χ2n) is 6.37. The Hall–Kier alpha value is -1.18. The molecule has 1 nitrogen and oxygen atoms in total. The van der Waals surface area contributed by atoms with Gasteiger partial charge in [0.25, 0.3) is 0 Å². The van der Waals surface area contributed by atoms with Crippen LogP contribution >= 0.6 is 0 Å². The van der Waals surface area contributed by atoms with Crippen molar-refractivity contribution in [3.05, 3.63) is 35.7 Å². The van der Waals surface area contributed by atoms with Gasteiger partial charge in [0.05, 0.1) is 0 Å². The van der Waals surface area contributed by atoms with Crippen molar-refractivity contribution in [3.8, 4) is 0 Å². The molecule has 0 rings (SSSR count). The Balaban J connectivity index is 4.47. The molecule has 0 saturated carbocycles. The fraction of sp³-hybridized carbons (Fsp3) is 0.650. The Morgan fingerprint density at radius 2 is 1.86 bits per heavy atom. The first-order chi connectivity index (χ1) is 10.3. The number of hydrogen-bond acceptors (Lipinski definition) is 1. The maximum atomic E-state index is 13.8. The lowest BCUT2D eigenvalue weighted by atomic mass is 9.88. The van der Waals surface area contributed by atoms with Crippen molar-refractivity contribution in [2.45, 2.75) is 73.1 Å². The summed E-state index contributed by atoms with van der Waals surface area (Å²) in [4.78, 5) is 12.1. The smallest absolute Gasteiger partial charge is 0.162 e. The summed E-state index contributed by atoms with van der Waals surface area (Å²) in [6, 6.07) is 0. The van der Waals surface area contributed by atoms with Crippen LogP contribution in [0.5, 0.6) is 0 Å². The van der Waals surface area contributed by atoms with Gasteiger partial charge in [-0.05, 0) is 55.7 Å². The van der Waals surface area contributed by atoms with Crippen LogP contribution in [0, 0.1) is 11.8 Å². The van der Waals surface area contributed by atoms with Crippen LogP contribution in [-0.4, -0.2) is 5.78 Å². The number of unbranched alkanes of at least 4 members (excludes halogenated alkanes) is 2. The van der Waals surface area contributed by atoms with E-state index in [2.05, 4.69) is 34.3 Å². The minimum atomic E-state index is -0.240. The zero-order valence-electron chi connectivity index (χ0n) is 15.0. The fourth-order valence-electron chi connectivity index (χ4n) is 2.21. The molecular weight excluding hydrogens is 275 g/mol. The van der Waals surface area contributed by atoms with Gasteiger partial charge in [0.1, 0.15) is 5.83 Å². The van der Waals surface area contributed by atoms with Gasteiger partial charge in [-0.25, -0.2) is 4.39 Å². The quantitative estimate of drug-likeness (QED) is 0.240. The van der Waals surface area contributed by atoms with E-state index in [0.29, 0.717) is 29.4 Å². The third kappa shape index (κ3) is 8.31. The van der Waals surface area contributed by atoms with Gasteiger partial charge < -0.3 is 0 Å². The molecule has 0 spiro atoms. The van der Waals surface area contributed by atoms with Crippen LogP contribution in [0.2, 0.25) is 0 Å². The summed E-state index contributed by atoms with van der Waals surface area (Å²) in [5.41, 5.74) is 0.900. The molecule has 0 aliphatic rings. The highest BCUT2D eigenvalue weighted by Gasteiger charge is 2.13. The maximum absolute atomic E-state index is 13.8. The first-order valence-electron chi connectivity index (χ1n) is 8.59. The minimum Gasteiger partial charge on any atom is -0.294 e. The van der Waals surface area contributed by atoms with E-state index in [-0.39, 0.29) is 11.6 Å². The predicted octanol–water partition coefficient (Wildman–Crippen LogP) is 6.56. The molecule has 0 aromatic carbocycles. The average Bonchev–Trinajstić information content (AvgIpc) is 2.51. The average molecular weight is 308 g/mol. The Morgan fingerprint density at radius 3 is 2.41 bits per heavy atom. The SMILES string of the molecule is C=C(/C=C(C)\C(F)=C/CCCC)C(=O)CCC(C)[C@@H](C)CC. The van der Waals surface area contributed by atoms with Crippen LogP contribution in [0.3, 0.4) is 0 Å². The summed E-state index contributed by atoms with van der Waals surface area (Å²) in [5.74, 6) is 0.932. The molecule has 0 aliphatic carbocycles. The van der Waals surface area contributed by atoms with Crippen LogP contribution in [-0.2, 0) is 4.79 Å². The highest BCUT2D eigenvalue weighted by atomic mass is 19.1. The van der Waals surface area contributed by atoms with E-state index in [1.54, 1.807) is 19.1 Å². The summed E-state index contributed by atoms with van der Waals surface area (Å²) < 4.78 is 13.8. The van der Waals surface area contributed by atoms with E-state index in [0.717, 1.165) is 32.1 Å². The first-order valence-corrected chi connectivity index (χ1v) is 8.59. The molecule has 22 heavy (non-hydrogen) atoms. The molecule has 0 fully saturated rings. The van der Waals surface area contributed by atoms with Crippen LogP contribution in [0.15, 0.2) is 35.7 Å². The van der Waals surface area contributed by atoms with Gasteiger partial charge in [0.2, 0.25) is 0 Å². The molecule has 0 heterocycles. The molecule has 0 aromatic heterocycles. The lowest BCUT2D eigenvalue weighted by molar-refractivity contribution is -0.115. The van der Waals surface area contributed by atoms with Crippen molar-refractivity contribution >= 4 is 5.78 Å². The summed E-state index contributed by atoms with van der Waals surface area (Å²) in [6.07, 6.45) is 8.43. The minimum absolute atomic E-state index is 0.0239. The van der Waals surface area contributed by atoms with Gasteiger partial charge >= 0.3 is 0 Å². The Kier molecular flexibility index (Phi) is 10.8. The molecule has 2 heteroatoms. The largest absolute Gasteiger partial charge is 0.294 e. The monoisotopic (exact) mass is 308 g/mol. The normalized spacial score (nSPS) is 15.5. The van der Waals surface area contributed by atoms with Crippen molar-refractivity contribution in [2.24, 2.45) is 11.8 Å². The molecule has 126 valence electrons. The highest BCUT2D eigenvalue weighted by molar-refractivity contribution is 5.97. The van der Waals surface area contributed by atoms with Gasteiger partial charge in [0.15, 0.2) is 5.78 Å². The molecular formula is C20H33FO. The van der Waals surface area contributed by atoms with Gasteiger partial charge in [0, 0.05) is 12.0 Å². The van der Waals surface area contributed by atoms with E-state index in [4.69, 9.17) is 0 Å². The summed E-state index contributed by atoms with van der Waals surface area (Å²) in [6.45, 7) is 14.1. The number of rotatable bonds is 11. The predicted molar refractivity (Wildman–Crippen MR) is 94.5 cm³/mol. The van der Waals surface area contributed by atoms with Crippen molar-refractivity contribution in [1.29, 1.82) is 0 Å². The number of carbonyl (C=O) groups is 1. The number of halogens is 1.